The third-order valence-electron chi connectivity index (χ3n) is 4.24. The predicted octanol–water partition coefficient (Wildman–Crippen LogP) is 3.28. The lowest BCUT2D eigenvalue weighted by atomic mass is 9.82. The number of hydrogen-bond acceptors (Lipinski definition) is 2. The highest BCUT2D eigenvalue weighted by atomic mass is 16.1. The highest BCUT2D eigenvalue weighted by molar-refractivity contribution is 5.76. The van der Waals surface area contributed by atoms with Gasteiger partial charge in [-0.15, -0.1) is 0 Å². The molecule has 1 aromatic carbocycles. The van der Waals surface area contributed by atoms with Gasteiger partial charge in [0.1, 0.15) is 0 Å². The number of carbonyl (C=O) groups is 1. The van der Waals surface area contributed by atoms with Gasteiger partial charge in [0, 0.05) is 6.42 Å². The molecule has 1 fully saturated rings. The number of amides is 1. The Hall–Kier alpha value is -1.35. The predicted molar refractivity (Wildman–Crippen MR) is 87.0 cm³/mol. The smallest absolute Gasteiger partial charge is 0.220 e. The molecule has 21 heavy (non-hydrogen) atoms. The second-order valence-electron chi connectivity index (χ2n) is 7.17. The van der Waals surface area contributed by atoms with Gasteiger partial charge in [0.25, 0.3) is 0 Å². The zero-order valence-corrected chi connectivity index (χ0v) is 13.5. The van der Waals surface area contributed by atoms with E-state index in [2.05, 4.69) is 43.5 Å². The van der Waals surface area contributed by atoms with Gasteiger partial charge in [0.05, 0.1) is 6.04 Å². The Morgan fingerprint density at radius 2 is 1.86 bits per heavy atom. The van der Waals surface area contributed by atoms with Gasteiger partial charge >= 0.3 is 0 Å². The molecule has 0 aromatic heterocycles. The van der Waals surface area contributed by atoms with E-state index in [1.807, 2.05) is 18.2 Å². The number of benzene rings is 1. The highest BCUT2D eigenvalue weighted by Crippen LogP contribution is 2.33. The van der Waals surface area contributed by atoms with E-state index in [0.717, 1.165) is 25.9 Å². The van der Waals surface area contributed by atoms with E-state index in [-0.39, 0.29) is 17.4 Å². The van der Waals surface area contributed by atoms with Crippen molar-refractivity contribution in [1.29, 1.82) is 0 Å². The van der Waals surface area contributed by atoms with Crippen molar-refractivity contribution in [2.24, 2.45) is 11.3 Å². The van der Waals surface area contributed by atoms with Crippen LogP contribution in [0.15, 0.2) is 30.3 Å². The Morgan fingerprint density at radius 3 is 2.43 bits per heavy atom. The molecule has 3 nitrogen and oxygen atoms in total. The molecule has 0 saturated carbocycles. The Morgan fingerprint density at radius 1 is 1.24 bits per heavy atom. The fraction of sp³-hybridized carbons (Fsp3) is 0.611. The van der Waals surface area contributed by atoms with Crippen LogP contribution in [0.1, 0.15) is 51.6 Å². The third-order valence-corrected chi connectivity index (χ3v) is 4.24. The Bertz CT molecular complexity index is 444. The molecular formula is C18H28N2O. The molecule has 1 amide bonds. The summed E-state index contributed by atoms with van der Waals surface area (Å²) in [6, 6.07) is 10.3. The van der Waals surface area contributed by atoms with Crippen LogP contribution >= 0.6 is 0 Å². The summed E-state index contributed by atoms with van der Waals surface area (Å²) in [4.78, 5) is 12.4. The van der Waals surface area contributed by atoms with Gasteiger partial charge in [0.2, 0.25) is 5.91 Å². The zero-order valence-electron chi connectivity index (χ0n) is 13.5. The first-order chi connectivity index (χ1) is 9.97. The minimum atomic E-state index is 0.00509. The Kier molecular flexibility index (Phi) is 5.40. The maximum atomic E-state index is 12.4. The summed E-state index contributed by atoms with van der Waals surface area (Å²) in [7, 11) is 0. The van der Waals surface area contributed by atoms with E-state index >= 15 is 0 Å². The molecule has 1 unspecified atom stereocenters. The van der Waals surface area contributed by atoms with Gasteiger partial charge < -0.3 is 10.6 Å². The molecule has 1 aromatic rings. The quantitative estimate of drug-likeness (QED) is 0.892. The SMILES string of the molecule is CC(C)(C)C(NC(=O)CC1CCNCC1)c1ccccc1. The van der Waals surface area contributed by atoms with Crippen molar-refractivity contribution in [2.45, 2.75) is 46.1 Å². The normalized spacial score (nSPS) is 18.2. The molecule has 1 aliphatic heterocycles. The largest absolute Gasteiger partial charge is 0.349 e. The van der Waals surface area contributed by atoms with Crippen molar-refractivity contribution >= 4 is 5.91 Å². The van der Waals surface area contributed by atoms with Crippen molar-refractivity contribution in [1.82, 2.24) is 10.6 Å². The van der Waals surface area contributed by atoms with Crippen LogP contribution < -0.4 is 10.6 Å². The minimum Gasteiger partial charge on any atom is -0.349 e. The summed E-state index contributed by atoms with van der Waals surface area (Å²) in [5, 5.41) is 6.61. The lowest BCUT2D eigenvalue weighted by Crippen LogP contribution is -2.38. The fourth-order valence-electron chi connectivity index (χ4n) is 3.01. The van der Waals surface area contributed by atoms with E-state index in [1.165, 1.54) is 5.56 Å². The van der Waals surface area contributed by atoms with Crippen LogP contribution in [-0.4, -0.2) is 19.0 Å². The number of nitrogens with one attached hydrogen (secondary N) is 2. The molecule has 1 saturated heterocycles. The molecule has 2 N–H and O–H groups in total. The van der Waals surface area contributed by atoms with Crippen LogP contribution in [0.5, 0.6) is 0 Å². The first-order valence-electron chi connectivity index (χ1n) is 8.02. The second kappa shape index (κ2) is 7.08. The third kappa shape index (κ3) is 4.85. The highest BCUT2D eigenvalue weighted by Gasteiger charge is 2.28. The monoisotopic (exact) mass is 288 g/mol. The van der Waals surface area contributed by atoms with Gasteiger partial charge in [-0.3, -0.25) is 4.79 Å². The lowest BCUT2D eigenvalue weighted by Gasteiger charge is -2.33. The maximum Gasteiger partial charge on any atom is 0.220 e. The van der Waals surface area contributed by atoms with Gasteiger partial charge in [-0.1, -0.05) is 51.1 Å². The summed E-state index contributed by atoms with van der Waals surface area (Å²) >= 11 is 0. The molecule has 1 aliphatic rings. The number of hydrogen-bond donors (Lipinski definition) is 2. The first-order valence-corrected chi connectivity index (χ1v) is 8.02. The van der Waals surface area contributed by atoms with Crippen LogP contribution in [0.2, 0.25) is 0 Å². The van der Waals surface area contributed by atoms with Crippen LogP contribution in [0.4, 0.5) is 0 Å². The summed E-state index contributed by atoms with van der Waals surface area (Å²) in [5.74, 6) is 0.716. The lowest BCUT2D eigenvalue weighted by molar-refractivity contribution is -0.123. The average Bonchev–Trinajstić information content (AvgIpc) is 2.45. The van der Waals surface area contributed by atoms with Gasteiger partial charge in [-0.05, 0) is 42.8 Å². The van der Waals surface area contributed by atoms with Crippen molar-refractivity contribution in [2.75, 3.05) is 13.1 Å². The molecule has 3 heteroatoms. The molecule has 0 radical (unpaired) electrons. The van der Waals surface area contributed by atoms with Gasteiger partial charge in [-0.25, -0.2) is 0 Å². The van der Waals surface area contributed by atoms with Crippen molar-refractivity contribution in [3.8, 4) is 0 Å². The van der Waals surface area contributed by atoms with E-state index < -0.39 is 0 Å². The Labute approximate surface area is 128 Å². The van der Waals surface area contributed by atoms with Crippen LogP contribution in [0, 0.1) is 11.3 Å². The minimum absolute atomic E-state index is 0.00509. The molecular weight excluding hydrogens is 260 g/mol. The van der Waals surface area contributed by atoms with Gasteiger partial charge in [0.15, 0.2) is 0 Å². The van der Waals surface area contributed by atoms with Crippen LogP contribution in [0.3, 0.4) is 0 Å². The van der Waals surface area contributed by atoms with Gasteiger partial charge in [-0.2, -0.15) is 0 Å². The van der Waals surface area contributed by atoms with E-state index in [4.69, 9.17) is 0 Å². The van der Waals surface area contributed by atoms with Crippen molar-refractivity contribution in [3.63, 3.8) is 0 Å². The van der Waals surface area contributed by atoms with Crippen molar-refractivity contribution < 1.29 is 4.79 Å². The van der Waals surface area contributed by atoms with Crippen LogP contribution in [0.25, 0.3) is 0 Å². The zero-order chi connectivity index (χ0) is 15.3. The maximum absolute atomic E-state index is 12.4. The van der Waals surface area contributed by atoms with E-state index in [9.17, 15) is 4.79 Å². The average molecular weight is 288 g/mol. The molecule has 1 heterocycles. The molecule has 0 bridgehead atoms. The van der Waals surface area contributed by atoms with Crippen molar-refractivity contribution in [3.05, 3.63) is 35.9 Å². The molecule has 1 atom stereocenters. The number of rotatable bonds is 4. The summed E-state index contributed by atoms with van der Waals surface area (Å²) in [6.45, 7) is 8.61. The molecule has 0 aliphatic carbocycles. The van der Waals surface area contributed by atoms with E-state index in [0.29, 0.717) is 12.3 Å². The summed E-state index contributed by atoms with van der Waals surface area (Å²) in [6.07, 6.45) is 2.87. The summed E-state index contributed by atoms with van der Waals surface area (Å²) in [5.41, 5.74) is 1.19. The summed E-state index contributed by atoms with van der Waals surface area (Å²) < 4.78 is 0. The number of piperidine rings is 1. The topological polar surface area (TPSA) is 41.1 Å². The second-order valence-corrected chi connectivity index (χ2v) is 7.17. The fourth-order valence-corrected chi connectivity index (χ4v) is 3.01. The Balaban J connectivity index is 2.00. The molecule has 116 valence electrons. The van der Waals surface area contributed by atoms with E-state index in [1.54, 1.807) is 0 Å². The molecule has 0 spiro atoms. The first kappa shape index (κ1) is 16.0. The number of carbonyl (C=O) groups excluding carboxylic acids is 1. The molecule has 2 rings (SSSR count). The standard InChI is InChI=1S/C18H28N2O/c1-18(2,3)17(15-7-5-4-6-8-15)20-16(21)13-14-9-11-19-12-10-14/h4-8,14,17,19H,9-13H2,1-3H3,(H,20,21). The van der Waals surface area contributed by atoms with Crippen LogP contribution in [-0.2, 0) is 4.79 Å².